The van der Waals surface area contributed by atoms with Gasteiger partial charge in [-0.15, -0.1) is 11.3 Å². The fourth-order valence-corrected chi connectivity index (χ4v) is 2.94. The van der Waals surface area contributed by atoms with E-state index in [4.69, 9.17) is 11.6 Å². The number of benzene rings is 1. The minimum Gasteiger partial charge on any atom is -0.347 e. The SMILES string of the molecule is O=C(NCc1cc(Br)cs1)c1cc(Cl)ccc1F. The van der Waals surface area contributed by atoms with Gasteiger partial charge in [0.15, 0.2) is 0 Å². The van der Waals surface area contributed by atoms with Gasteiger partial charge in [-0.2, -0.15) is 0 Å². The van der Waals surface area contributed by atoms with Gasteiger partial charge in [0.1, 0.15) is 5.82 Å². The zero-order valence-electron chi connectivity index (χ0n) is 9.04. The second-order valence-electron chi connectivity index (χ2n) is 3.54. The standard InChI is InChI=1S/C12H8BrClFNOS/c13-7-3-9(18-6-7)5-16-12(17)10-4-8(14)1-2-11(10)15/h1-4,6H,5H2,(H,16,17). The van der Waals surface area contributed by atoms with Crippen molar-refractivity contribution in [2.45, 2.75) is 6.54 Å². The fourth-order valence-electron chi connectivity index (χ4n) is 1.38. The summed E-state index contributed by atoms with van der Waals surface area (Å²) in [6.07, 6.45) is 0. The van der Waals surface area contributed by atoms with E-state index in [1.807, 2.05) is 11.4 Å². The molecule has 0 aliphatic carbocycles. The number of halogens is 3. The van der Waals surface area contributed by atoms with Crippen molar-refractivity contribution >= 4 is 44.8 Å². The highest BCUT2D eigenvalue weighted by Gasteiger charge is 2.12. The van der Waals surface area contributed by atoms with E-state index in [2.05, 4.69) is 21.2 Å². The van der Waals surface area contributed by atoms with E-state index in [0.29, 0.717) is 11.6 Å². The number of carbonyl (C=O) groups excluding carboxylic acids is 1. The summed E-state index contributed by atoms with van der Waals surface area (Å²) in [7, 11) is 0. The van der Waals surface area contributed by atoms with Gasteiger partial charge in [0.05, 0.1) is 12.1 Å². The van der Waals surface area contributed by atoms with E-state index >= 15 is 0 Å². The molecule has 2 rings (SSSR count). The minimum absolute atomic E-state index is 0.0434. The quantitative estimate of drug-likeness (QED) is 0.883. The van der Waals surface area contributed by atoms with Crippen molar-refractivity contribution in [3.63, 3.8) is 0 Å². The Morgan fingerprint density at radius 1 is 1.44 bits per heavy atom. The highest BCUT2D eigenvalue weighted by molar-refractivity contribution is 9.10. The minimum atomic E-state index is -0.579. The van der Waals surface area contributed by atoms with Crippen LogP contribution in [0, 0.1) is 5.82 Å². The Morgan fingerprint density at radius 2 is 2.22 bits per heavy atom. The predicted molar refractivity (Wildman–Crippen MR) is 74.6 cm³/mol. The molecule has 18 heavy (non-hydrogen) atoms. The van der Waals surface area contributed by atoms with E-state index in [9.17, 15) is 9.18 Å². The van der Waals surface area contributed by atoms with Crippen LogP contribution in [-0.2, 0) is 6.54 Å². The topological polar surface area (TPSA) is 29.1 Å². The lowest BCUT2D eigenvalue weighted by atomic mass is 10.2. The molecule has 1 heterocycles. The fraction of sp³-hybridized carbons (Fsp3) is 0.0833. The van der Waals surface area contributed by atoms with Crippen LogP contribution in [0.3, 0.4) is 0 Å². The maximum absolute atomic E-state index is 13.4. The molecule has 2 aromatic rings. The molecule has 0 radical (unpaired) electrons. The second-order valence-corrected chi connectivity index (χ2v) is 5.89. The number of nitrogens with one attached hydrogen (secondary N) is 1. The van der Waals surface area contributed by atoms with Crippen molar-refractivity contribution in [2.24, 2.45) is 0 Å². The number of rotatable bonds is 3. The number of thiophene rings is 1. The van der Waals surface area contributed by atoms with Crippen molar-refractivity contribution in [1.29, 1.82) is 0 Å². The Morgan fingerprint density at radius 3 is 2.89 bits per heavy atom. The third kappa shape index (κ3) is 3.31. The highest BCUT2D eigenvalue weighted by atomic mass is 79.9. The van der Waals surface area contributed by atoms with E-state index < -0.39 is 11.7 Å². The van der Waals surface area contributed by atoms with Crippen molar-refractivity contribution < 1.29 is 9.18 Å². The van der Waals surface area contributed by atoms with Crippen molar-refractivity contribution in [3.05, 3.63) is 55.4 Å². The van der Waals surface area contributed by atoms with Crippen LogP contribution in [0.2, 0.25) is 5.02 Å². The van der Waals surface area contributed by atoms with E-state index in [1.165, 1.54) is 29.5 Å². The smallest absolute Gasteiger partial charge is 0.254 e. The van der Waals surface area contributed by atoms with Gasteiger partial charge in [0, 0.05) is 19.8 Å². The van der Waals surface area contributed by atoms with Crippen LogP contribution in [0.25, 0.3) is 0 Å². The molecule has 0 atom stereocenters. The van der Waals surface area contributed by atoms with Gasteiger partial charge in [-0.05, 0) is 40.2 Å². The summed E-state index contributed by atoms with van der Waals surface area (Å²) in [5.41, 5.74) is -0.0434. The van der Waals surface area contributed by atoms with Crippen molar-refractivity contribution in [2.75, 3.05) is 0 Å². The summed E-state index contributed by atoms with van der Waals surface area (Å²) in [6.45, 7) is 0.362. The molecule has 6 heteroatoms. The van der Waals surface area contributed by atoms with Crippen LogP contribution in [0.5, 0.6) is 0 Å². The summed E-state index contributed by atoms with van der Waals surface area (Å²) in [6, 6.07) is 5.80. The highest BCUT2D eigenvalue weighted by Crippen LogP contribution is 2.20. The van der Waals surface area contributed by atoms with E-state index in [-0.39, 0.29) is 5.56 Å². The third-order valence-corrected chi connectivity index (χ3v) is 4.15. The maximum atomic E-state index is 13.4. The van der Waals surface area contributed by atoms with Gasteiger partial charge >= 0.3 is 0 Å². The van der Waals surface area contributed by atoms with Gasteiger partial charge in [-0.25, -0.2) is 4.39 Å². The molecule has 0 aliphatic rings. The first kappa shape index (κ1) is 13.5. The molecule has 0 unspecified atom stereocenters. The van der Waals surface area contributed by atoms with Gasteiger partial charge in [0.25, 0.3) is 5.91 Å². The molecule has 0 saturated heterocycles. The number of carbonyl (C=O) groups is 1. The summed E-state index contributed by atoms with van der Waals surface area (Å²) < 4.78 is 14.4. The number of amides is 1. The van der Waals surface area contributed by atoms with Crippen LogP contribution in [0.15, 0.2) is 34.1 Å². The summed E-state index contributed by atoms with van der Waals surface area (Å²) in [4.78, 5) is 12.8. The summed E-state index contributed by atoms with van der Waals surface area (Å²) in [5.74, 6) is -1.05. The predicted octanol–water partition coefficient (Wildman–Crippen LogP) is 4.23. The molecular weight excluding hydrogens is 341 g/mol. The van der Waals surface area contributed by atoms with Crippen molar-refractivity contribution in [1.82, 2.24) is 5.32 Å². The average molecular weight is 349 g/mol. The molecule has 1 amide bonds. The Labute approximate surface area is 121 Å². The number of hydrogen-bond acceptors (Lipinski definition) is 2. The average Bonchev–Trinajstić information content (AvgIpc) is 2.75. The first-order valence-corrected chi connectivity index (χ1v) is 7.07. The van der Waals surface area contributed by atoms with Gasteiger partial charge in [0.2, 0.25) is 0 Å². The van der Waals surface area contributed by atoms with Crippen LogP contribution in [0.4, 0.5) is 4.39 Å². The normalized spacial score (nSPS) is 10.4. The molecular formula is C12H8BrClFNOS. The Balaban J connectivity index is 2.05. The maximum Gasteiger partial charge on any atom is 0.254 e. The number of hydrogen-bond donors (Lipinski definition) is 1. The van der Waals surface area contributed by atoms with E-state index in [1.54, 1.807) is 0 Å². The lowest BCUT2D eigenvalue weighted by Gasteiger charge is -2.05. The largest absolute Gasteiger partial charge is 0.347 e. The first-order valence-electron chi connectivity index (χ1n) is 5.02. The monoisotopic (exact) mass is 347 g/mol. The Kier molecular flexibility index (Phi) is 4.37. The molecule has 1 N–H and O–H groups in total. The van der Waals surface area contributed by atoms with Crippen LogP contribution < -0.4 is 5.32 Å². The van der Waals surface area contributed by atoms with Gasteiger partial charge < -0.3 is 5.32 Å². The first-order chi connectivity index (χ1) is 8.56. The summed E-state index contributed by atoms with van der Waals surface area (Å²) >= 11 is 10.6. The van der Waals surface area contributed by atoms with Gasteiger partial charge in [-0.1, -0.05) is 11.6 Å². The lowest BCUT2D eigenvalue weighted by molar-refractivity contribution is 0.0947. The lowest BCUT2D eigenvalue weighted by Crippen LogP contribution is -2.23. The molecule has 2 nitrogen and oxygen atoms in total. The molecule has 94 valence electrons. The van der Waals surface area contributed by atoms with Crippen LogP contribution in [0.1, 0.15) is 15.2 Å². The molecule has 0 fully saturated rings. The van der Waals surface area contributed by atoms with Crippen LogP contribution in [-0.4, -0.2) is 5.91 Å². The molecule has 0 bridgehead atoms. The third-order valence-electron chi connectivity index (χ3n) is 2.22. The Hall–Kier alpha value is -0.910. The second kappa shape index (κ2) is 5.82. The van der Waals surface area contributed by atoms with Crippen molar-refractivity contribution in [3.8, 4) is 0 Å². The van der Waals surface area contributed by atoms with Crippen LogP contribution >= 0.6 is 38.9 Å². The van der Waals surface area contributed by atoms with E-state index in [0.717, 1.165) is 9.35 Å². The molecule has 0 spiro atoms. The molecule has 1 aromatic carbocycles. The Bertz CT molecular complexity index is 587. The molecule has 1 aromatic heterocycles. The molecule has 0 saturated carbocycles. The zero-order chi connectivity index (χ0) is 13.1. The molecule has 0 aliphatic heterocycles. The van der Waals surface area contributed by atoms with Gasteiger partial charge in [-0.3, -0.25) is 4.79 Å². The zero-order valence-corrected chi connectivity index (χ0v) is 12.2. The summed E-state index contributed by atoms with van der Waals surface area (Å²) in [5, 5.41) is 4.90.